The van der Waals surface area contributed by atoms with E-state index in [1.54, 1.807) is 44.3 Å². The maximum absolute atomic E-state index is 12.4. The summed E-state index contributed by atoms with van der Waals surface area (Å²) in [6, 6.07) is 5.95. The van der Waals surface area contributed by atoms with E-state index in [-0.39, 0.29) is 17.1 Å². The van der Waals surface area contributed by atoms with Crippen LogP contribution in [0, 0.1) is 6.92 Å². The summed E-state index contributed by atoms with van der Waals surface area (Å²) >= 11 is 0. The highest BCUT2D eigenvalue weighted by atomic mass is 16.2. The molecule has 0 fully saturated rings. The van der Waals surface area contributed by atoms with Crippen LogP contribution in [0.4, 0.5) is 11.5 Å². The zero-order chi connectivity index (χ0) is 22.9. The number of nitrogens with zero attached hydrogens (tertiary/aromatic N) is 6. The molecule has 0 aliphatic carbocycles. The number of aromatic nitrogens is 4. The number of hydrogen-bond acceptors (Lipinski definition) is 5. The first-order chi connectivity index (χ1) is 14.5. The largest absolute Gasteiger partial charge is 0.342 e. The van der Waals surface area contributed by atoms with Crippen molar-refractivity contribution in [3.8, 4) is 11.1 Å². The number of aryl methyl sites for hydroxylation is 2. The van der Waals surface area contributed by atoms with Gasteiger partial charge in [0.15, 0.2) is 5.82 Å². The van der Waals surface area contributed by atoms with Gasteiger partial charge >= 0.3 is 0 Å². The predicted molar refractivity (Wildman–Crippen MR) is 120 cm³/mol. The number of hydrogen-bond donors (Lipinski definition) is 0. The third kappa shape index (κ3) is 4.47. The monoisotopic (exact) mass is 420 g/mol. The van der Waals surface area contributed by atoms with Crippen molar-refractivity contribution < 1.29 is 9.59 Å². The summed E-state index contributed by atoms with van der Waals surface area (Å²) in [6.45, 7) is 8.09. The molecule has 0 radical (unpaired) electrons. The maximum atomic E-state index is 12.4. The van der Waals surface area contributed by atoms with Gasteiger partial charge in [-0.1, -0.05) is 32.9 Å². The summed E-state index contributed by atoms with van der Waals surface area (Å²) in [6.07, 6.45) is 5.93. The maximum Gasteiger partial charge on any atom is 0.289 e. The van der Waals surface area contributed by atoms with Crippen LogP contribution in [0.5, 0.6) is 0 Å². The van der Waals surface area contributed by atoms with Crippen LogP contribution in [0.15, 0.2) is 36.8 Å². The molecule has 2 aromatic heterocycles. The van der Waals surface area contributed by atoms with E-state index in [1.165, 1.54) is 9.80 Å². The van der Waals surface area contributed by atoms with Crippen molar-refractivity contribution in [3.63, 3.8) is 0 Å². The SMILES string of the molecule is Cc1ncc(-c2ccc(C(C)(C)C)c(N(C=O)c3cn(C)c(C(=O)N(C)C)n3)c2)cn1. The third-order valence-electron chi connectivity index (χ3n) is 4.99. The van der Waals surface area contributed by atoms with Crippen LogP contribution in [0.2, 0.25) is 0 Å². The average Bonchev–Trinajstić information content (AvgIpc) is 3.08. The van der Waals surface area contributed by atoms with E-state index >= 15 is 0 Å². The van der Waals surface area contributed by atoms with Gasteiger partial charge in [0.1, 0.15) is 5.82 Å². The first kappa shape index (κ1) is 22.1. The van der Waals surface area contributed by atoms with Crippen LogP contribution in [0.25, 0.3) is 11.1 Å². The Balaban J connectivity index is 2.16. The number of carbonyl (C=O) groups is 2. The molecule has 3 rings (SSSR count). The molecule has 0 N–H and O–H groups in total. The molecule has 0 aliphatic heterocycles. The van der Waals surface area contributed by atoms with Gasteiger partial charge in [0.2, 0.25) is 12.2 Å². The third-order valence-corrected chi connectivity index (χ3v) is 4.99. The smallest absolute Gasteiger partial charge is 0.289 e. The standard InChI is InChI=1S/C23H28N6O2/c1-15-24-11-17(12-25-15)16-8-9-18(23(2,3)4)19(10-16)29(14-30)20-13-28(7)21(26-20)22(31)27(5)6/h8-14H,1-7H3. The highest BCUT2D eigenvalue weighted by molar-refractivity contribution is 5.93. The molecule has 0 saturated heterocycles. The predicted octanol–water partition coefficient (Wildman–Crippen LogP) is 3.48. The van der Waals surface area contributed by atoms with Gasteiger partial charge in [0, 0.05) is 45.3 Å². The molecule has 2 heterocycles. The van der Waals surface area contributed by atoms with Crippen molar-refractivity contribution in [3.05, 3.63) is 54.0 Å². The van der Waals surface area contributed by atoms with E-state index in [1.807, 2.05) is 25.1 Å². The van der Waals surface area contributed by atoms with E-state index in [2.05, 4.69) is 35.7 Å². The molecular formula is C23H28N6O2. The molecule has 2 amide bonds. The second kappa shape index (κ2) is 8.29. The van der Waals surface area contributed by atoms with Crippen molar-refractivity contribution in [2.75, 3.05) is 19.0 Å². The van der Waals surface area contributed by atoms with E-state index in [0.717, 1.165) is 23.1 Å². The molecule has 3 aromatic rings. The van der Waals surface area contributed by atoms with Crippen LogP contribution in [0.3, 0.4) is 0 Å². The van der Waals surface area contributed by atoms with Crippen molar-refractivity contribution in [1.82, 2.24) is 24.4 Å². The fraction of sp³-hybridized carbons (Fsp3) is 0.348. The molecule has 0 saturated carbocycles. The van der Waals surface area contributed by atoms with Crippen LogP contribution < -0.4 is 4.90 Å². The molecule has 0 atom stereocenters. The Hall–Kier alpha value is -3.55. The summed E-state index contributed by atoms with van der Waals surface area (Å²) in [5.41, 5.74) is 3.18. The van der Waals surface area contributed by atoms with Gasteiger partial charge < -0.3 is 9.47 Å². The summed E-state index contributed by atoms with van der Waals surface area (Å²) in [5.74, 6) is 1.09. The van der Waals surface area contributed by atoms with Gasteiger partial charge in [0.25, 0.3) is 5.91 Å². The molecule has 0 aliphatic rings. The molecular weight excluding hydrogens is 392 g/mol. The minimum atomic E-state index is -0.235. The Bertz CT molecular complexity index is 1110. The fourth-order valence-corrected chi connectivity index (χ4v) is 3.29. The highest BCUT2D eigenvalue weighted by Gasteiger charge is 2.25. The van der Waals surface area contributed by atoms with Gasteiger partial charge in [-0.15, -0.1) is 0 Å². The van der Waals surface area contributed by atoms with Crippen LogP contribution in [0.1, 0.15) is 42.8 Å². The van der Waals surface area contributed by atoms with Crippen molar-refractivity contribution >= 4 is 23.8 Å². The Morgan fingerprint density at radius 2 is 1.74 bits per heavy atom. The van der Waals surface area contributed by atoms with Gasteiger partial charge in [-0.3, -0.25) is 14.5 Å². The van der Waals surface area contributed by atoms with Gasteiger partial charge in [-0.25, -0.2) is 15.0 Å². The normalized spacial score (nSPS) is 11.3. The number of benzene rings is 1. The van der Waals surface area contributed by atoms with E-state index in [0.29, 0.717) is 17.3 Å². The number of rotatable bonds is 5. The molecule has 8 heteroatoms. The van der Waals surface area contributed by atoms with Crippen LogP contribution >= 0.6 is 0 Å². The van der Waals surface area contributed by atoms with Crippen LogP contribution in [-0.4, -0.2) is 50.8 Å². The summed E-state index contributed by atoms with van der Waals surface area (Å²) in [5, 5.41) is 0. The zero-order valence-electron chi connectivity index (χ0n) is 19.0. The van der Waals surface area contributed by atoms with Crippen molar-refractivity contribution in [2.45, 2.75) is 33.1 Å². The lowest BCUT2D eigenvalue weighted by atomic mass is 9.84. The lowest BCUT2D eigenvalue weighted by Gasteiger charge is -2.27. The van der Waals surface area contributed by atoms with Gasteiger partial charge in [0.05, 0.1) is 5.69 Å². The van der Waals surface area contributed by atoms with Crippen molar-refractivity contribution in [1.29, 1.82) is 0 Å². The van der Waals surface area contributed by atoms with Crippen LogP contribution in [-0.2, 0) is 17.3 Å². The van der Waals surface area contributed by atoms with E-state index in [9.17, 15) is 9.59 Å². The minimum Gasteiger partial charge on any atom is -0.342 e. The lowest BCUT2D eigenvalue weighted by Crippen LogP contribution is -2.25. The molecule has 1 aromatic carbocycles. The number of anilines is 2. The van der Waals surface area contributed by atoms with E-state index < -0.39 is 0 Å². The number of amides is 2. The van der Waals surface area contributed by atoms with Crippen molar-refractivity contribution in [2.24, 2.45) is 7.05 Å². The van der Waals surface area contributed by atoms with Gasteiger partial charge in [-0.05, 0) is 29.5 Å². The molecule has 0 bridgehead atoms. The number of carbonyl (C=O) groups excluding carboxylic acids is 2. The lowest BCUT2D eigenvalue weighted by molar-refractivity contribution is -0.106. The average molecular weight is 421 g/mol. The summed E-state index contributed by atoms with van der Waals surface area (Å²) < 4.78 is 1.63. The topological polar surface area (TPSA) is 84.2 Å². The van der Waals surface area contributed by atoms with E-state index in [4.69, 9.17) is 0 Å². The molecule has 8 nitrogen and oxygen atoms in total. The summed E-state index contributed by atoms with van der Waals surface area (Å²) in [4.78, 5) is 40.6. The second-order valence-electron chi connectivity index (χ2n) is 8.71. The van der Waals surface area contributed by atoms with Gasteiger partial charge in [-0.2, -0.15) is 0 Å². The Kier molecular flexibility index (Phi) is 5.92. The molecule has 162 valence electrons. The quantitative estimate of drug-likeness (QED) is 0.590. The molecule has 31 heavy (non-hydrogen) atoms. The second-order valence-corrected chi connectivity index (χ2v) is 8.71. The first-order valence-electron chi connectivity index (χ1n) is 9.96. The Morgan fingerprint density at radius 1 is 1.10 bits per heavy atom. The molecule has 0 spiro atoms. The Morgan fingerprint density at radius 3 is 2.29 bits per heavy atom. The number of imidazole rings is 1. The minimum absolute atomic E-state index is 0.226. The summed E-state index contributed by atoms with van der Waals surface area (Å²) in [7, 11) is 5.07. The zero-order valence-corrected chi connectivity index (χ0v) is 19.0. The fourth-order valence-electron chi connectivity index (χ4n) is 3.29. The Labute approximate surface area is 182 Å². The molecule has 0 unspecified atom stereocenters. The highest BCUT2D eigenvalue weighted by Crippen LogP contribution is 2.37. The first-order valence-corrected chi connectivity index (χ1v) is 9.96.